The molecular weight excluding hydrogens is 226 g/mol. The topological polar surface area (TPSA) is 74.8 Å². The monoisotopic (exact) mass is 243 g/mol. The number of H-pyrrole nitrogens is 1. The Morgan fingerprint density at radius 1 is 1.50 bits per heavy atom. The lowest BCUT2D eigenvalue weighted by atomic mass is 10.3. The van der Waals surface area contributed by atoms with Gasteiger partial charge < -0.3 is 0 Å². The molecule has 1 heterocycles. The average Bonchev–Trinajstić information content (AvgIpc) is 2.86. The molecule has 0 unspecified atom stereocenters. The first-order chi connectivity index (χ1) is 7.63. The first kappa shape index (κ1) is 11.4. The van der Waals surface area contributed by atoms with Gasteiger partial charge in [-0.05, 0) is 19.3 Å². The molecule has 1 aromatic heterocycles. The van der Waals surface area contributed by atoms with E-state index in [1.807, 2.05) is 6.92 Å². The fourth-order valence-corrected chi connectivity index (χ4v) is 3.67. The number of nitrogens with zero attached hydrogens (tertiary/aromatic N) is 1. The highest BCUT2D eigenvalue weighted by Gasteiger charge is 2.29. The van der Waals surface area contributed by atoms with E-state index < -0.39 is 10.0 Å². The lowest BCUT2D eigenvalue weighted by Crippen LogP contribution is -2.25. The van der Waals surface area contributed by atoms with Crippen molar-refractivity contribution in [3.63, 3.8) is 0 Å². The zero-order chi connectivity index (χ0) is 11.6. The molecule has 0 spiro atoms. The number of hydrogen-bond acceptors (Lipinski definition) is 3. The maximum atomic E-state index is 12.0. The molecule has 0 amide bonds. The predicted octanol–water partition coefficient (Wildman–Crippen LogP) is 1.66. The van der Waals surface area contributed by atoms with E-state index >= 15 is 0 Å². The molecule has 2 N–H and O–H groups in total. The Morgan fingerprint density at radius 2 is 2.19 bits per heavy atom. The van der Waals surface area contributed by atoms with Crippen LogP contribution in [0, 0.1) is 0 Å². The van der Waals surface area contributed by atoms with Crippen molar-refractivity contribution in [2.75, 3.05) is 4.72 Å². The molecule has 0 aliphatic heterocycles. The summed E-state index contributed by atoms with van der Waals surface area (Å²) < 4.78 is 26.6. The van der Waals surface area contributed by atoms with Crippen molar-refractivity contribution in [1.82, 2.24) is 10.2 Å². The van der Waals surface area contributed by atoms with E-state index in [4.69, 9.17) is 0 Å². The zero-order valence-corrected chi connectivity index (χ0v) is 10.2. The van der Waals surface area contributed by atoms with Gasteiger partial charge in [-0.2, -0.15) is 5.10 Å². The third-order valence-electron chi connectivity index (χ3n) is 3.08. The Hall–Kier alpha value is -1.04. The number of anilines is 1. The predicted molar refractivity (Wildman–Crippen MR) is 62.8 cm³/mol. The standard InChI is InChI=1S/C10H17N3O2S/c1-2-8-7-11-12-10(8)13-16(14,15)9-5-3-4-6-9/h7,9H,2-6H2,1H3,(H2,11,12,13). The molecule has 2 rings (SSSR count). The van der Waals surface area contributed by atoms with E-state index in [2.05, 4.69) is 14.9 Å². The van der Waals surface area contributed by atoms with Crippen molar-refractivity contribution in [2.45, 2.75) is 44.3 Å². The summed E-state index contributed by atoms with van der Waals surface area (Å²) in [5.74, 6) is 0.523. The molecular formula is C10H17N3O2S. The van der Waals surface area contributed by atoms with Crippen LogP contribution < -0.4 is 4.72 Å². The third kappa shape index (κ3) is 2.21. The number of rotatable bonds is 4. The summed E-state index contributed by atoms with van der Waals surface area (Å²) in [6.07, 6.45) is 5.98. The molecule has 1 aliphatic carbocycles. The number of aromatic amines is 1. The lowest BCUT2D eigenvalue weighted by Gasteiger charge is -2.12. The summed E-state index contributed by atoms with van der Waals surface area (Å²) in [6, 6.07) is 0. The van der Waals surface area contributed by atoms with Crippen LogP contribution in [0.1, 0.15) is 38.2 Å². The van der Waals surface area contributed by atoms with Crippen LogP contribution in [0.4, 0.5) is 5.82 Å². The smallest absolute Gasteiger partial charge is 0.236 e. The van der Waals surface area contributed by atoms with Crippen molar-refractivity contribution in [3.05, 3.63) is 11.8 Å². The molecule has 0 bridgehead atoms. The minimum absolute atomic E-state index is 0.236. The fourth-order valence-electron chi connectivity index (χ4n) is 2.09. The van der Waals surface area contributed by atoms with Gasteiger partial charge in [0.05, 0.1) is 11.4 Å². The second kappa shape index (κ2) is 4.45. The Bertz CT molecular complexity index is 446. The van der Waals surface area contributed by atoms with Gasteiger partial charge in [0.2, 0.25) is 10.0 Å². The molecule has 0 aromatic carbocycles. The average molecular weight is 243 g/mol. The number of aryl methyl sites for hydroxylation is 1. The first-order valence-corrected chi connectivity index (χ1v) is 7.22. The largest absolute Gasteiger partial charge is 0.267 e. The molecule has 5 nitrogen and oxygen atoms in total. The van der Waals surface area contributed by atoms with Gasteiger partial charge in [0.15, 0.2) is 0 Å². The Kier molecular flexibility index (Phi) is 3.18. The maximum Gasteiger partial charge on any atom is 0.236 e. The molecule has 6 heteroatoms. The van der Waals surface area contributed by atoms with Crippen LogP contribution in [0.15, 0.2) is 6.20 Å². The summed E-state index contributed by atoms with van der Waals surface area (Å²) in [4.78, 5) is 0. The highest BCUT2D eigenvalue weighted by molar-refractivity contribution is 7.93. The molecule has 1 saturated carbocycles. The van der Waals surface area contributed by atoms with E-state index in [1.165, 1.54) is 0 Å². The van der Waals surface area contributed by atoms with Gasteiger partial charge in [0, 0.05) is 5.56 Å². The van der Waals surface area contributed by atoms with E-state index in [0.717, 1.165) is 37.7 Å². The van der Waals surface area contributed by atoms with Crippen molar-refractivity contribution >= 4 is 15.8 Å². The van der Waals surface area contributed by atoms with Crippen LogP contribution in [0.5, 0.6) is 0 Å². The molecule has 90 valence electrons. The molecule has 1 aromatic rings. The minimum Gasteiger partial charge on any atom is -0.267 e. The van der Waals surface area contributed by atoms with Crippen LogP contribution in [-0.4, -0.2) is 23.9 Å². The van der Waals surface area contributed by atoms with Gasteiger partial charge in [-0.3, -0.25) is 9.82 Å². The number of aromatic nitrogens is 2. The van der Waals surface area contributed by atoms with Gasteiger partial charge in [-0.15, -0.1) is 0 Å². The van der Waals surface area contributed by atoms with Crippen LogP contribution >= 0.6 is 0 Å². The Labute approximate surface area is 95.7 Å². The summed E-state index contributed by atoms with van der Waals surface area (Å²) >= 11 is 0. The van der Waals surface area contributed by atoms with E-state index in [-0.39, 0.29) is 5.25 Å². The van der Waals surface area contributed by atoms with Gasteiger partial charge in [-0.1, -0.05) is 19.8 Å². The number of nitrogens with one attached hydrogen (secondary N) is 2. The zero-order valence-electron chi connectivity index (χ0n) is 9.36. The first-order valence-electron chi connectivity index (χ1n) is 5.67. The summed E-state index contributed by atoms with van der Waals surface area (Å²) in [6.45, 7) is 1.97. The van der Waals surface area contributed by atoms with Crippen molar-refractivity contribution in [3.8, 4) is 0 Å². The summed E-state index contributed by atoms with van der Waals surface area (Å²) in [7, 11) is -3.24. The minimum atomic E-state index is -3.24. The van der Waals surface area contributed by atoms with Crippen molar-refractivity contribution in [2.24, 2.45) is 0 Å². The molecule has 0 atom stereocenters. The molecule has 0 saturated heterocycles. The molecule has 0 radical (unpaired) electrons. The lowest BCUT2D eigenvalue weighted by molar-refractivity contribution is 0.585. The van der Waals surface area contributed by atoms with E-state index in [9.17, 15) is 8.42 Å². The van der Waals surface area contributed by atoms with Gasteiger partial charge in [0.1, 0.15) is 5.82 Å². The second-order valence-electron chi connectivity index (χ2n) is 4.18. The van der Waals surface area contributed by atoms with Gasteiger partial charge in [-0.25, -0.2) is 8.42 Å². The Morgan fingerprint density at radius 3 is 2.81 bits per heavy atom. The van der Waals surface area contributed by atoms with Crippen LogP contribution in [-0.2, 0) is 16.4 Å². The van der Waals surface area contributed by atoms with Gasteiger partial charge >= 0.3 is 0 Å². The SMILES string of the molecule is CCc1cn[nH]c1NS(=O)(=O)C1CCCC1. The van der Waals surface area contributed by atoms with E-state index in [1.54, 1.807) is 6.20 Å². The molecule has 1 aliphatic rings. The number of sulfonamides is 1. The van der Waals surface area contributed by atoms with E-state index in [0.29, 0.717) is 5.82 Å². The maximum absolute atomic E-state index is 12.0. The summed E-state index contributed by atoms with van der Waals surface area (Å²) in [5, 5.41) is 6.31. The van der Waals surface area contributed by atoms with Crippen LogP contribution in [0.2, 0.25) is 0 Å². The third-order valence-corrected chi connectivity index (χ3v) is 4.92. The van der Waals surface area contributed by atoms with Crippen LogP contribution in [0.3, 0.4) is 0 Å². The normalized spacial score (nSPS) is 17.8. The quantitative estimate of drug-likeness (QED) is 0.844. The van der Waals surface area contributed by atoms with Crippen molar-refractivity contribution in [1.29, 1.82) is 0 Å². The molecule has 1 fully saturated rings. The number of hydrogen-bond donors (Lipinski definition) is 2. The fraction of sp³-hybridized carbons (Fsp3) is 0.700. The highest BCUT2D eigenvalue weighted by atomic mass is 32.2. The summed E-state index contributed by atoms with van der Waals surface area (Å²) in [5.41, 5.74) is 0.904. The Balaban J connectivity index is 2.14. The second-order valence-corrected chi connectivity index (χ2v) is 6.14. The molecule has 16 heavy (non-hydrogen) atoms. The highest BCUT2D eigenvalue weighted by Crippen LogP contribution is 2.26. The van der Waals surface area contributed by atoms with Crippen molar-refractivity contribution < 1.29 is 8.42 Å². The van der Waals surface area contributed by atoms with Crippen LogP contribution in [0.25, 0.3) is 0 Å². The van der Waals surface area contributed by atoms with Gasteiger partial charge in [0.25, 0.3) is 0 Å².